The summed E-state index contributed by atoms with van der Waals surface area (Å²) in [6.45, 7) is 5.01. The van der Waals surface area contributed by atoms with Gasteiger partial charge >= 0.3 is 5.97 Å². The quantitative estimate of drug-likeness (QED) is 0.0320. The molecule has 0 saturated carbocycles. The molecule has 0 fully saturated rings. The lowest BCUT2D eigenvalue weighted by Gasteiger charge is -2.22. The van der Waals surface area contributed by atoms with Crippen molar-refractivity contribution in [1.29, 1.82) is 0 Å². The molecule has 0 aliphatic heterocycles. The summed E-state index contributed by atoms with van der Waals surface area (Å²) >= 11 is 0. The van der Waals surface area contributed by atoms with Crippen LogP contribution in [0.1, 0.15) is 508 Å². The SMILES string of the molecule is CCCCCCCCC/C=C\CCCCCCCCCC(=O)OCCCCCCCCCCCCCCCCC/C=C\C/C=C\CCCCCCCCCCCCCCCCCCCC(=O)NC(CO)C(O)CCCCCCCCCCCCCCCCCCCCCCCCC. The van der Waals surface area contributed by atoms with Crippen LogP contribution in [0.5, 0.6) is 0 Å². The number of carbonyl (C=O) groups is 2. The Morgan fingerprint density at radius 3 is 0.794 bits per heavy atom. The van der Waals surface area contributed by atoms with E-state index in [-0.39, 0.29) is 18.5 Å². The second-order valence-corrected chi connectivity index (χ2v) is 30.9. The van der Waals surface area contributed by atoms with Crippen LogP contribution < -0.4 is 5.32 Å². The van der Waals surface area contributed by atoms with Crippen molar-refractivity contribution in [2.75, 3.05) is 13.2 Å². The third kappa shape index (κ3) is 82.9. The molecule has 3 N–H and O–H groups in total. The van der Waals surface area contributed by atoms with Crippen molar-refractivity contribution in [3.05, 3.63) is 36.5 Å². The molecule has 2 unspecified atom stereocenters. The Balaban J connectivity index is 3.35. The number of ether oxygens (including phenoxy) is 1. The Labute approximate surface area is 608 Å². The number of unbranched alkanes of at least 4 members (excludes halogenated alkanes) is 68. The molecule has 0 aliphatic rings. The topological polar surface area (TPSA) is 95.9 Å². The standard InChI is InChI=1S/C91H175NO5/c1-3-5-7-9-11-13-15-17-19-21-23-24-42-45-48-51-55-59-63-67-71-75-79-83-89(94)88(87-93)92-90(95)84-80-76-72-68-64-60-56-52-49-46-43-40-38-36-34-32-30-28-26-25-27-29-31-33-35-37-39-41-44-47-50-54-58-62-66-70-74-78-82-86-97-91(96)85-81-77-73-69-65-61-57-53-22-20-18-16-14-12-10-8-6-4-2/h20,22,25-26,29,31,88-89,93-94H,3-19,21,23-24,27-28,30,32-87H2,1-2H3,(H,92,95)/b22-20-,26-25-,31-29-. The van der Waals surface area contributed by atoms with Crippen molar-refractivity contribution in [3.8, 4) is 0 Å². The summed E-state index contributed by atoms with van der Waals surface area (Å²) in [5.74, 6) is -0.00744. The van der Waals surface area contributed by atoms with E-state index in [1.165, 1.54) is 424 Å². The summed E-state index contributed by atoms with van der Waals surface area (Å²) in [5, 5.41) is 23.5. The van der Waals surface area contributed by atoms with Gasteiger partial charge in [0.15, 0.2) is 0 Å². The Bertz CT molecular complexity index is 1570. The molecule has 97 heavy (non-hydrogen) atoms. The summed E-state index contributed by atoms with van der Waals surface area (Å²) < 4.78 is 5.52. The van der Waals surface area contributed by atoms with Gasteiger partial charge in [-0.25, -0.2) is 0 Å². The van der Waals surface area contributed by atoms with E-state index in [9.17, 15) is 19.8 Å². The van der Waals surface area contributed by atoms with Crippen LogP contribution in [-0.4, -0.2) is 47.4 Å². The van der Waals surface area contributed by atoms with Gasteiger partial charge in [-0.05, 0) is 83.5 Å². The van der Waals surface area contributed by atoms with E-state index in [0.717, 1.165) is 51.4 Å². The summed E-state index contributed by atoms with van der Waals surface area (Å²) in [6.07, 6.45) is 114. The van der Waals surface area contributed by atoms with Crippen molar-refractivity contribution < 1.29 is 24.5 Å². The highest BCUT2D eigenvalue weighted by atomic mass is 16.5. The zero-order valence-corrected chi connectivity index (χ0v) is 66.1. The number of carbonyl (C=O) groups excluding carboxylic acids is 2. The van der Waals surface area contributed by atoms with Gasteiger partial charge in [-0.2, -0.15) is 0 Å². The van der Waals surface area contributed by atoms with Gasteiger partial charge in [0, 0.05) is 12.8 Å². The summed E-state index contributed by atoms with van der Waals surface area (Å²) in [4.78, 5) is 24.7. The molecule has 0 aromatic heterocycles. The number of allylic oxidation sites excluding steroid dienone is 6. The average Bonchev–Trinajstić information content (AvgIpc) is 2.52. The molecule has 6 heteroatoms. The molecule has 574 valence electrons. The third-order valence-electron chi connectivity index (χ3n) is 21.2. The number of nitrogens with one attached hydrogen (secondary N) is 1. The van der Waals surface area contributed by atoms with Crippen molar-refractivity contribution in [2.24, 2.45) is 0 Å². The van der Waals surface area contributed by atoms with Gasteiger partial charge in [-0.1, -0.05) is 448 Å². The van der Waals surface area contributed by atoms with E-state index in [4.69, 9.17) is 4.74 Å². The van der Waals surface area contributed by atoms with E-state index < -0.39 is 12.1 Å². The first-order valence-corrected chi connectivity index (χ1v) is 44.7. The molecular weight excluding hydrogens is 1190 g/mol. The molecule has 0 radical (unpaired) electrons. The molecule has 0 aliphatic carbocycles. The average molecular weight is 1360 g/mol. The van der Waals surface area contributed by atoms with Crippen LogP contribution in [0.4, 0.5) is 0 Å². The van der Waals surface area contributed by atoms with Crippen LogP contribution in [0.2, 0.25) is 0 Å². The first-order valence-electron chi connectivity index (χ1n) is 44.7. The van der Waals surface area contributed by atoms with Crippen LogP contribution in [0.15, 0.2) is 36.5 Å². The van der Waals surface area contributed by atoms with Crippen LogP contribution in [0.25, 0.3) is 0 Å². The minimum atomic E-state index is -0.664. The maximum Gasteiger partial charge on any atom is 0.305 e. The van der Waals surface area contributed by atoms with Gasteiger partial charge in [-0.3, -0.25) is 9.59 Å². The van der Waals surface area contributed by atoms with E-state index in [0.29, 0.717) is 25.9 Å². The number of esters is 1. The molecule has 1 amide bonds. The fourth-order valence-electron chi connectivity index (χ4n) is 14.4. The molecule has 0 rings (SSSR count). The zero-order valence-electron chi connectivity index (χ0n) is 66.1. The number of rotatable bonds is 85. The van der Waals surface area contributed by atoms with Gasteiger partial charge in [0.25, 0.3) is 0 Å². The van der Waals surface area contributed by atoms with Gasteiger partial charge in [-0.15, -0.1) is 0 Å². The number of hydrogen-bond donors (Lipinski definition) is 3. The van der Waals surface area contributed by atoms with E-state index in [1.807, 2.05) is 0 Å². The van der Waals surface area contributed by atoms with Gasteiger partial charge in [0.05, 0.1) is 25.4 Å². The summed E-state index contributed by atoms with van der Waals surface area (Å²) in [6, 6.07) is -0.541. The number of hydrogen-bond acceptors (Lipinski definition) is 5. The molecule has 0 saturated heterocycles. The largest absolute Gasteiger partial charge is 0.466 e. The summed E-state index contributed by atoms with van der Waals surface area (Å²) in [5.41, 5.74) is 0. The van der Waals surface area contributed by atoms with Crippen LogP contribution in [0, 0.1) is 0 Å². The normalized spacial score (nSPS) is 12.6. The molecule has 6 nitrogen and oxygen atoms in total. The van der Waals surface area contributed by atoms with Gasteiger partial charge in [0.1, 0.15) is 0 Å². The van der Waals surface area contributed by atoms with Crippen LogP contribution in [-0.2, 0) is 14.3 Å². The number of aliphatic hydroxyl groups excluding tert-OH is 2. The minimum absolute atomic E-state index is 0.0185. The van der Waals surface area contributed by atoms with Crippen LogP contribution in [0.3, 0.4) is 0 Å². The lowest BCUT2D eigenvalue weighted by atomic mass is 10.0. The van der Waals surface area contributed by atoms with E-state index in [1.54, 1.807) is 0 Å². The molecule has 0 bridgehead atoms. The third-order valence-corrected chi connectivity index (χ3v) is 21.2. The number of aliphatic hydroxyl groups is 2. The second kappa shape index (κ2) is 86.5. The zero-order chi connectivity index (χ0) is 69.8. The van der Waals surface area contributed by atoms with Crippen molar-refractivity contribution in [1.82, 2.24) is 5.32 Å². The predicted molar refractivity (Wildman–Crippen MR) is 430 cm³/mol. The molecule has 0 spiro atoms. The molecular formula is C91H175NO5. The van der Waals surface area contributed by atoms with Gasteiger partial charge < -0.3 is 20.3 Å². The van der Waals surface area contributed by atoms with Crippen molar-refractivity contribution in [2.45, 2.75) is 520 Å². The highest BCUT2D eigenvalue weighted by molar-refractivity contribution is 5.76. The van der Waals surface area contributed by atoms with Crippen molar-refractivity contribution >= 4 is 11.9 Å². The van der Waals surface area contributed by atoms with E-state index in [2.05, 4.69) is 55.6 Å². The molecule has 0 aromatic carbocycles. The molecule has 0 aromatic rings. The lowest BCUT2D eigenvalue weighted by molar-refractivity contribution is -0.143. The smallest absolute Gasteiger partial charge is 0.305 e. The Hall–Kier alpha value is -1.92. The lowest BCUT2D eigenvalue weighted by Crippen LogP contribution is -2.45. The molecule has 0 heterocycles. The summed E-state index contributed by atoms with van der Waals surface area (Å²) in [7, 11) is 0. The fourth-order valence-corrected chi connectivity index (χ4v) is 14.4. The van der Waals surface area contributed by atoms with Gasteiger partial charge in [0.2, 0.25) is 5.91 Å². The molecule has 2 atom stereocenters. The maximum atomic E-state index is 12.6. The first-order chi connectivity index (χ1) is 48.0. The monoisotopic (exact) mass is 1360 g/mol. The van der Waals surface area contributed by atoms with E-state index >= 15 is 0 Å². The van der Waals surface area contributed by atoms with Crippen LogP contribution >= 0.6 is 0 Å². The maximum absolute atomic E-state index is 12.6. The predicted octanol–water partition coefficient (Wildman–Crippen LogP) is 30.1. The first kappa shape index (κ1) is 95.1. The Morgan fingerprint density at radius 2 is 0.515 bits per heavy atom. The highest BCUT2D eigenvalue weighted by Gasteiger charge is 2.20. The Morgan fingerprint density at radius 1 is 0.289 bits per heavy atom. The second-order valence-electron chi connectivity index (χ2n) is 30.9. The Kier molecular flexibility index (Phi) is 84.8. The highest BCUT2D eigenvalue weighted by Crippen LogP contribution is 2.21. The minimum Gasteiger partial charge on any atom is -0.466 e. The number of amides is 1. The van der Waals surface area contributed by atoms with Crippen molar-refractivity contribution in [3.63, 3.8) is 0 Å². The fraction of sp³-hybridized carbons (Fsp3) is 0.912.